The van der Waals surface area contributed by atoms with Gasteiger partial charge in [0.1, 0.15) is 5.60 Å². The number of carbonyl (C=O) groups excluding carboxylic acids is 1. The van der Waals surface area contributed by atoms with Crippen molar-refractivity contribution in [2.24, 2.45) is 11.7 Å². The first-order chi connectivity index (χ1) is 7.42. The lowest BCUT2D eigenvalue weighted by Crippen LogP contribution is -2.38. The molecule has 1 aromatic carbocycles. The second-order valence-electron chi connectivity index (χ2n) is 4.62. The van der Waals surface area contributed by atoms with E-state index in [4.69, 9.17) is 10.5 Å². The first kappa shape index (κ1) is 12.6. The van der Waals surface area contributed by atoms with E-state index in [1.807, 2.05) is 32.0 Å². The van der Waals surface area contributed by atoms with E-state index in [0.29, 0.717) is 0 Å². The molecule has 0 saturated heterocycles. The summed E-state index contributed by atoms with van der Waals surface area (Å²) in [5, 5.41) is 0. The molecule has 3 heteroatoms. The molecule has 3 nitrogen and oxygen atoms in total. The molecule has 16 heavy (non-hydrogen) atoms. The Morgan fingerprint density at radius 2 is 1.94 bits per heavy atom. The highest BCUT2D eigenvalue weighted by molar-refractivity contribution is 5.65. The number of amides is 1. The molecule has 1 rings (SSSR count). The minimum absolute atomic E-state index is 0.211. The second kappa shape index (κ2) is 5.01. The number of rotatable bonds is 4. The number of hydrogen-bond acceptors (Lipinski definition) is 2. The van der Waals surface area contributed by atoms with Crippen LogP contribution in [-0.4, -0.2) is 11.7 Å². The predicted octanol–water partition coefficient (Wildman–Crippen LogP) is 2.74. The van der Waals surface area contributed by atoms with E-state index >= 15 is 0 Å². The van der Waals surface area contributed by atoms with E-state index in [1.165, 1.54) is 5.56 Å². The summed E-state index contributed by atoms with van der Waals surface area (Å²) in [6.45, 7) is 5.81. The van der Waals surface area contributed by atoms with Crippen molar-refractivity contribution < 1.29 is 9.53 Å². The average Bonchev–Trinajstić information content (AvgIpc) is 2.17. The Balaban J connectivity index is 2.64. The van der Waals surface area contributed by atoms with Gasteiger partial charge in [0, 0.05) is 0 Å². The van der Waals surface area contributed by atoms with Crippen LogP contribution in [0.4, 0.5) is 4.79 Å². The van der Waals surface area contributed by atoms with Crippen molar-refractivity contribution in [1.82, 2.24) is 0 Å². The normalized spacial score (nSPS) is 13.2. The number of benzene rings is 1. The minimum Gasteiger partial charge on any atom is -0.443 e. The number of ether oxygens (including phenoxy) is 1. The fraction of sp³-hybridized carbons (Fsp3) is 0.462. The average molecular weight is 221 g/mol. The molecule has 0 heterocycles. The van der Waals surface area contributed by atoms with Gasteiger partial charge < -0.3 is 10.5 Å². The molecule has 0 bridgehead atoms. The maximum atomic E-state index is 10.8. The van der Waals surface area contributed by atoms with Crippen molar-refractivity contribution >= 4 is 6.09 Å². The first-order valence-corrected chi connectivity index (χ1v) is 5.44. The maximum Gasteiger partial charge on any atom is 0.405 e. The third-order valence-electron chi connectivity index (χ3n) is 2.94. The summed E-state index contributed by atoms with van der Waals surface area (Å²) in [7, 11) is 0. The number of hydrogen-bond donors (Lipinski definition) is 1. The van der Waals surface area contributed by atoms with Gasteiger partial charge in [0.15, 0.2) is 0 Å². The molecule has 2 N–H and O–H groups in total. The van der Waals surface area contributed by atoms with E-state index in [1.54, 1.807) is 0 Å². The van der Waals surface area contributed by atoms with Gasteiger partial charge in [0.25, 0.3) is 0 Å². The molecular formula is C13H19NO2. The van der Waals surface area contributed by atoms with E-state index < -0.39 is 11.7 Å². The number of primary amides is 1. The highest BCUT2D eigenvalue weighted by Crippen LogP contribution is 2.24. The van der Waals surface area contributed by atoms with Crippen LogP contribution in [-0.2, 0) is 11.2 Å². The third-order valence-corrected chi connectivity index (χ3v) is 2.94. The first-order valence-electron chi connectivity index (χ1n) is 5.44. The molecule has 0 radical (unpaired) electrons. The topological polar surface area (TPSA) is 52.3 Å². The van der Waals surface area contributed by atoms with E-state index in [2.05, 4.69) is 19.1 Å². The van der Waals surface area contributed by atoms with Gasteiger partial charge in [-0.2, -0.15) is 0 Å². The largest absolute Gasteiger partial charge is 0.443 e. The zero-order valence-corrected chi connectivity index (χ0v) is 10.1. The standard InChI is InChI=1S/C13H19NO2/c1-10(13(2,3)16-12(14)15)9-11-7-5-4-6-8-11/h4-8,10H,9H2,1-3H3,(H2,14,15). The molecular weight excluding hydrogens is 202 g/mol. The van der Waals surface area contributed by atoms with Crippen LogP contribution in [0.25, 0.3) is 0 Å². The van der Waals surface area contributed by atoms with Crippen molar-refractivity contribution in [1.29, 1.82) is 0 Å². The number of carbonyl (C=O) groups is 1. The van der Waals surface area contributed by atoms with Crippen LogP contribution in [0.1, 0.15) is 26.3 Å². The van der Waals surface area contributed by atoms with E-state index in [0.717, 1.165) is 6.42 Å². The second-order valence-corrected chi connectivity index (χ2v) is 4.62. The molecule has 1 aromatic rings. The Morgan fingerprint density at radius 3 is 2.44 bits per heavy atom. The van der Waals surface area contributed by atoms with Gasteiger partial charge in [-0.15, -0.1) is 0 Å². The van der Waals surface area contributed by atoms with Gasteiger partial charge >= 0.3 is 6.09 Å². The van der Waals surface area contributed by atoms with Crippen LogP contribution in [0.3, 0.4) is 0 Å². The lowest BCUT2D eigenvalue weighted by Gasteiger charge is -2.30. The Labute approximate surface area is 96.6 Å². The van der Waals surface area contributed by atoms with Crippen LogP contribution < -0.4 is 5.73 Å². The minimum atomic E-state index is -0.718. The molecule has 0 fully saturated rings. The lowest BCUT2D eigenvalue weighted by atomic mass is 9.87. The van der Waals surface area contributed by atoms with Crippen LogP contribution in [0.5, 0.6) is 0 Å². The molecule has 0 aliphatic carbocycles. The van der Waals surface area contributed by atoms with Crippen molar-refractivity contribution in [2.45, 2.75) is 32.8 Å². The maximum absolute atomic E-state index is 10.8. The smallest absolute Gasteiger partial charge is 0.405 e. The van der Waals surface area contributed by atoms with Gasteiger partial charge in [-0.05, 0) is 31.7 Å². The quantitative estimate of drug-likeness (QED) is 0.849. The highest BCUT2D eigenvalue weighted by Gasteiger charge is 2.29. The van der Waals surface area contributed by atoms with Gasteiger partial charge in [-0.1, -0.05) is 37.3 Å². The molecule has 0 saturated carbocycles. The monoisotopic (exact) mass is 221 g/mol. The number of nitrogens with two attached hydrogens (primary N) is 1. The zero-order valence-electron chi connectivity index (χ0n) is 10.1. The Bertz CT molecular complexity index is 346. The lowest BCUT2D eigenvalue weighted by molar-refractivity contribution is 0.00478. The molecule has 0 aromatic heterocycles. The molecule has 1 amide bonds. The van der Waals surface area contributed by atoms with Gasteiger partial charge in [-0.3, -0.25) is 0 Å². The molecule has 1 unspecified atom stereocenters. The van der Waals surface area contributed by atoms with Crippen molar-refractivity contribution in [3.63, 3.8) is 0 Å². The van der Waals surface area contributed by atoms with Crippen LogP contribution in [0, 0.1) is 5.92 Å². The van der Waals surface area contributed by atoms with Gasteiger partial charge in [-0.25, -0.2) is 4.79 Å². The molecule has 0 aliphatic heterocycles. The summed E-state index contributed by atoms with van der Waals surface area (Å²) >= 11 is 0. The third kappa shape index (κ3) is 3.57. The van der Waals surface area contributed by atoms with E-state index in [-0.39, 0.29) is 5.92 Å². The highest BCUT2D eigenvalue weighted by atomic mass is 16.6. The Kier molecular flexibility index (Phi) is 3.93. The Morgan fingerprint density at radius 1 is 1.38 bits per heavy atom. The summed E-state index contributed by atoms with van der Waals surface area (Å²) in [5.41, 5.74) is 5.74. The summed E-state index contributed by atoms with van der Waals surface area (Å²) < 4.78 is 5.11. The van der Waals surface area contributed by atoms with Crippen LogP contribution in [0.2, 0.25) is 0 Å². The van der Waals surface area contributed by atoms with E-state index in [9.17, 15) is 4.79 Å². The fourth-order valence-electron chi connectivity index (χ4n) is 1.57. The van der Waals surface area contributed by atoms with Gasteiger partial charge in [0.2, 0.25) is 0 Å². The van der Waals surface area contributed by atoms with Crippen LogP contribution in [0.15, 0.2) is 30.3 Å². The van der Waals surface area contributed by atoms with Crippen LogP contribution >= 0.6 is 0 Å². The summed E-state index contributed by atoms with van der Waals surface area (Å²) in [4.78, 5) is 10.8. The summed E-state index contributed by atoms with van der Waals surface area (Å²) in [5.74, 6) is 0.211. The summed E-state index contributed by atoms with van der Waals surface area (Å²) in [6, 6.07) is 10.1. The Hall–Kier alpha value is -1.51. The molecule has 0 aliphatic rings. The predicted molar refractivity (Wildman–Crippen MR) is 64.1 cm³/mol. The molecule has 1 atom stereocenters. The van der Waals surface area contributed by atoms with Crippen molar-refractivity contribution in [2.75, 3.05) is 0 Å². The zero-order chi connectivity index (χ0) is 12.2. The molecule has 88 valence electrons. The SMILES string of the molecule is CC(Cc1ccccc1)C(C)(C)OC(N)=O. The van der Waals surface area contributed by atoms with Gasteiger partial charge in [0.05, 0.1) is 0 Å². The summed E-state index contributed by atoms with van der Waals surface area (Å²) in [6.07, 6.45) is 0.145. The van der Waals surface area contributed by atoms with Crippen molar-refractivity contribution in [3.05, 3.63) is 35.9 Å². The fourth-order valence-corrected chi connectivity index (χ4v) is 1.57. The molecule has 0 spiro atoms. The van der Waals surface area contributed by atoms with Crippen molar-refractivity contribution in [3.8, 4) is 0 Å².